The van der Waals surface area contributed by atoms with E-state index in [2.05, 4.69) is 21.2 Å². The van der Waals surface area contributed by atoms with Crippen LogP contribution in [0.3, 0.4) is 0 Å². The Balaban J connectivity index is 1.86. The van der Waals surface area contributed by atoms with Crippen molar-refractivity contribution in [2.45, 2.75) is 17.9 Å². The molecule has 0 spiro atoms. The number of carbonyl (C=O) groups excluding carboxylic acids is 1. The van der Waals surface area contributed by atoms with Gasteiger partial charge in [-0.05, 0) is 40.5 Å². The number of carbonyl (C=O) groups is 1. The summed E-state index contributed by atoms with van der Waals surface area (Å²) >= 11 is 5.01. The zero-order valence-corrected chi connectivity index (χ0v) is 13.6. The summed E-state index contributed by atoms with van der Waals surface area (Å²) < 4.78 is 1.02. The van der Waals surface area contributed by atoms with Crippen molar-refractivity contribution >= 4 is 33.6 Å². The molecular weight excluding hydrogens is 334 g/mol. The highest BCUT2D eigenvalue weighted by atomic mass is 79.9. The summed E-state index contributed by atoms with van der Waals surface area (Å²) in [7, 11) is 0. The highest BCUT2D eigenvalue weighted by molar-refractivity contribution is 9.10. The molecule has 0 aromatic heterocycles. The van der Waals surface area contributed by atoms with Crippen LogP contribution in [0.2, 0.25) is 0 Å². The third kappa shape index (κ3) is 4.39. The summed E-state index contributed by atoms with van der Waals surface area (Å²) in [4.78, 5) is 13.0. The lowest BCUT2D eigenvalue weighted by molar-refractivity contribution is -0.119. The van der Waals surface area contributed by atoms with Gasteiger partial charge in [-0.2, -0.15) is 0 Å². The fourth-order valence-corrected chi connectivity index (χ4v) is 3.19. The second-order valence-corrected chi connectivity index (χ2v) is 6.29. The largest absolute Gasteiger partial charge is 0.349 e. The zero-order chi connectivity index (χ0) is 14.4. The van der Waals surface area contributed by atoms with Crippen LogP contribution in [0.15, 0.2) is 64.0 Å². The zero-order valence-electron chi connectivity index (χ0n) is 11.2. The van der Waals surface area contributed by atoms with E-state index in [1.165, 1.54) is 11.8 Å². The Kier molecular flexibility index (Phi) is 5.68. The molecule has 0 saturated heterocycles. The number of amides is 1. The maximum absolute atomic E-state index is 12.0. The first-order valence-electron chi connectivity index (χ1n) is 6.38. The number of benzene rings is 2. The van der Waals surface area contributed by atoms with E-state index in [9.17, 15) is 4.79 Å². The molecule has 0 radical (unpaired) electrons. The minimum atomic E-state index is 0.0310. The van der Waals surface area contributed by atoms with E-state index in [4.69, 9.17) is 0 Å². The number of hydrogen-bond acceptors (Lipinski definition) is 2. The third-order valence-electron chi connectivity index (χ3n) is 2.87. The maximum Gasteiger partial charge on any atom is 0.230 e. The fourth-order valence-electron chi connectivity index (χ4n) is 1.81. The normalized spacial score (nSPS) is 11.9. The molecule has 0 fully saturated rings. The summed E-state index contributed by atoms with van der Waals surface area (Å²) in [6.07, 6.45) is 0. The molecule has 0 aliphatic rings. The monoisotopic (exact) mass is 349 g/mol. The SMILES string of the molecule is CC(NC(=O)CSc1ccccc1Br)c1ccccc1. The molecule has 0 bridgehead atoms. The molecule has 2 aromatic carbocycles. The molecule has 104 valence electrons. The van der Waals surface area contributed by atoms with Gasteiger partial charge in [-0.3, -0.25) is 4.79 Å². The van der Waals surface area contributed by atoms with Crippen molar-refractivity contribution in [2.24, 2.45) is 0 Å². The predicted molar refractivity (Wildman–Crippen MR) is 87.9 cm³/mol. The third-order valence-corrected chi connectivity index (χ3v) is 4.90. The van der Waals surface area contributed by atoms with E-state index in [1.54, 1.807) is 0 Å². The van der Waals surface area contributed by atoms with E-state index < -0.39 is 0 Å². The number of nitrogens with one attached hydrogen (secondary N) is 1. The van der Waals surface area contributed by atoms with Gasteiger partial charge >= 0.3 is 0 Å². The van der Waals surface area contributed by atoms with Gasteiger partial charge in [0.15, 0.2) is 0 Å². The van der Waals surface area contributed by atoms with Crippen LogP contribution in [-0.2, 0) is 4.79 Å². The van der Waals surface area contributed by atoms with Crippen LogP contribution in [0.25, 0.3) is 0 Å². The summed E-state index contributed by atoms with van der Waals surface area (Å²) in [5, 5.41) is 3.01. The second-order valence-electron chi connectivity index (χ2n) is 4.42. The Morgan fingerprint density at radius 3 is 2.50 bits per heavy atom. The standard InChI is InChI=1S/C16H16BrNOS/c1-12(13-7-3-2-4-8-13)18-16(19)11-20-15-10-6-5-9-14(15)17/h2-10,12H,11H2,1H3,(H,18,19). The summed E-state index contributed by atoms with van der Waals surface area (Å²) in [6, 6.07) is 17.9. The Bertz CT molecular complexity index is 574. The Hall–Kier alpha value is -1.26. The van der Waals surface area contributed by atoms with Crippen LogP contribution in [0.5, 0.6) is 0 Å². The van der Waals surface area contributed by atoms with Gasteiger partial charge in [-0.25, -0.2) is 0 Å². The molecule has 1 atom stereocenters. The van der Waals surface area contributed by atoms with E-state index in [-0.39, 0.29) is 11.9 Å². The lowest BCUT2D eigenvalue weighted by atomic mass is 10.1. The molecular formula is C16H16BrNOS. The average Bonchev–Trinajstić information content (AvgIpc) is 2.47. The number of hydrogen-bond donors (Lipinski definition) is 1. The van der Waals surface area contributed by atoms with Crippen LogP contribution >= 0.6 is 27.7 Å². The molecule has 0 saturated carbocycles. The minimum Gasteiger partial charge on any atom is -0.349 e. The van der Waals surface area contributed by atoms with Gasteiger partial charge in [-0.15, -0.1) is 11.8 Å². The van der Waals surface area contributed by atoms with Crippen LogP contribution in [-0.4, -0.2) is 11.7 Å². The first kappa shape index (κ1) is 15.1. The van der Waals surface area contributed by atoms with Gasteiger partial charge in [0, 0.05) is 9.37 Å². The highest BCUT2D eigenvalue weighted by Crippen LogP contribution is 2.26. The fraction of sp³-hybridized carbons (Fsp3) is 0.188. The van der Waals surface area contributed by atoms with Gasteiger partial charge in [0.2, 0.25) is 5.91 Å². The van der Waals surface area contributed by atoms with Crippen molar-refractivity contribution in [3.8, 4) is 0 Å². The summed E-state index contributed by atoms with van der Waals surface area (Å²) in [5.74, 6) is 0.460. The first-order chi connectivity index (χ1) is 9.66. The van der Waals surface area contributed by atoms with Gasteiger partial charge in [0.25, 0.3) is 0 Å². The second kappa shape index (κ2) is 7.50. The molecule has 1 amide bonds. The summed E-state index contributed by atoms with van der Waals surface area (Å²) in [6.45, 7) is 2.00. The molecule has 1 unspecified atom stereocenters. The van der Waals surface area contributed by atoms with E-state index in [1.807, 2.05) is 61.5 Å². The number of thioether (sulfide) groups is 1. The van der Waals surface area contributed by atoms with E-state index in [0.717, 1.165) is 14.9 Å². The molecule has 20 heavy (non-hydrogen) atoms. The lowest BCUT2D eigenvalue weighted by Gasteiger charge is -2.14. The number of rotatable bonds is 5. The van der Waals surface area contributed by atoms with Crippen molar-refractivity contribution in [3.63, 3.8) is 0 Å². The topological polar surface area (TPSA) is 29.1 Å². The molecule has 0 heterocycles. The molecule has 1 N–H and O–H groups in total. The molecule has 0 aliphatic heterocycles. The molecule has 2 nitrogen and oxygen atoms in total. The van der Waals surface area contributed by atoms with E-state index >= 15 is 0 Å². The lowest BCUT2D eigenvalue weighted by Crippen LogP contribution is -2.28. The molecule has 4 heteroatoms. The van der Waals surface area contributed by atoms with Crippen LogP contribution < -0.4 is 5.32 Å². The quantitative estimate of drug-likeness (QED) is 0.809. The molecule has 0 aliphatic carbocycles. The van der Waals surface area contributed by atoms with Crippen LogP contribution in [0, 0.1) is 0 Å². The van der Waals surface area contributed by atoms with Crippen molar-refractivity contribution in [2.75, 3.05) is 5.75 Å². The molecule has 2 rings (SSSR count). The van der Waals surface area contributed by atoms with Gasteiger partial charge < -0.3 is 5.32 Å². The smallest absolute Gasteiger partial charge is 0.230 e. The van der Waals surface area contributed by atoms with Gasteiger partial charge in [0.05, 0.1) is 11.8 Å². The predicted octanol–water partition coefficient (Wildman–Crippen LogP) is 4.42. The van der Waals surface area contributed by atoms with Gasteiger partial charge in [0.1, 0.15) is 0 Å². The van der Waals surface area contributed by atoms with Crippen molar-refractivity contribution in [3.05, 3.63) is 64.6 Å². The Morgan fingerprint density at radius 2 is 1.80 bits per heavy atom. The van der Waals surface area contributed by atoms with Crippen LogP contribution in [0.1, 0.15) is 18.5 Å². The maximum atomic E-state index is 12.0. The van der Waals surface area contributed by atoms with Crippen molar-refractivity contribution in [1.29, 1.82) is 0 Å². The Morgan fingerprint density at radius 1 is 1.15 bits per heavy atom. The van der Waals surface area contributed by atoms with Crippen LogP contribution in [0.4, 0.5) is 0 Å². The first-order valence-corrected chi connectivity index (χ1v) is 8.16. The van der Waals surface area contributed by atoms with Gasteiger partial charge in [-0.1, -0.05) is 42.5 Å². The highest BCUT2D eigenvalue weighted by Gasteiger charge is 2.10. The summed E-state index contributed by atoms with van der Waals surface area (Å²) in [5.41, 5.74) is 1.12. The molecule has 2 aromatic rings. The number of halogens is 1. The van der Waals surface area contributed by atoms with Crippen molar-refractivity contribution < 1.29 is 4.79 Å². The van der Waals surface area contributed by atoms with Crippen molar-refractivity contribution in [1.82, 2.24) is 5.32 Å². The average molecular weight is 350 g/mol. The van der Waals surface area contributed by atoms with E-state index in [0.29, 0.717) is 5.75 Å². The minimum absolute atomic E-state index is 0.0310. The Labute approximate surface area is 132 Å².